The number of nitrogens with zero attached hydrogens (tertiary/aromatic N) is 3. The van der Waals surface area contributed by atoms with E-state index in [4.69, 9.17) is 5.73 Å². The molecule has 0 saturated heterocycles. The molecule has 0 spiro atoms. The predicted octanol–water partition coefficient (Wildman–Crippen LogP) is 4.96. The number of aromatic nitrogens is 2. The highest BCUT2D eigenvalue weighted by Gasteiger charge is 2.20. The van der Waals surface area contributed by atoms with E-state index in [1.807, 2.05) is 72.2 Å². The summed E-state index contributed by atoms with van der Waals surface area (Å²) in [5.74, 6) is 0.390. The summed E-state index contributed by atoms with van der Waals surface area (Å²) in [5.41, 5.74) is 13.4. The molecule has 29 heavy (non-hydrogen) atoms. The topological polar surface area (TPSA) is 72.8 Å². The molecule has 2 aromatic carbocycles. The number of aryl methyl sites for hydroxylation is 1. The molecule has 2 aromatic heterocycles. The summed E-state index contributed by atoms with van der Waals surface area (Å²) in [6, 6.07) is 16.1. The standard InChI is InChI=1S/C23H18N4OS/c1-13-8-9-19-17(10-13)16(14(2)25-19)11-18-21(24)27-20(15-6-4-3-5-7-15)12-29-23(27)26-22(18)28/h3-12H,24H2,1-2H3/b16-11+. The van der Waals surface area contributed by atoms with Gasteiger partial charge in [-0.15, -0.1) is 11.3 Å². The SMILES string of the molecule is CC1=Nc2ccc(C)cc2/C1=C/c1c(N)n2c(-c3ccccc3)csc2nc1=O. The van der Waals surface area contributed by atoms with Crippen molar-refractivity contribution in [3.8, 4) is 11.3 Å². The van der Waals surface area contributed by atoms with Gasteiger partial charge < -0.3 is 5.73 Å². The molecule has 0 unspecified atom stereocenters. The van der Waals surface area contributed by atoms with Gasteiger partial charge in [-0.1, -0.05) is 42.0 Å². The van der Waals surface area contributed by atoms with E-state index in [9.17, 15) is 4.79 Å². The van der Waals surface area contributed by atoms with Gasteiger partial charge in [0.05, 0.1) is 16.9 Å². The van der Waals surface area contributed by atoms with Crippen LogP contribution in [0.3, 0.4) is 0 Å². The summed E-state index contributed by atoms with van der Waals surface area (Å²) in [7, 11) is 0. The second-order valence-electron chi connectivity index (χ2n) is 7.10. The highest BCUT2D eigenvalue weighted by Crippen LogP contribution is 2.37. The van der Waals surface area contributed by atoms with Gasteiger partial charge in [-0.25, -0.2) is 0 Å². The summed E-state index contributed by atoms with van der Waals surface area (Å²) in [6.45, 7) is 3.99. The number of nitrogens with two attached hydrogens (primary N) is 1. The van der Waals surface area contributed by atoms with E-state index in [-0.39, 0.29) is 5.56 Å². The largest absolute Gasteiger partial charge is 0.384 e. The first kappa shape index (κ1) is 17.6. The molecule has 0 fully saturated rings. The van der Waals surface area contributed by atoms with Crippen LogP contribution < -0.4 is 11.3 Å². The monoisotopic (exact) mass is 398 g/mol. The molecular weight excluding hydrogens is 380 g/mol. The Hall–Kier alpha value is -3.51. The van der Waals surface area contributed by atoms with E-state index < -0.39 is 0 Å². The van der Waals surface area contributed by atoms with Crippen LogP contribution in [0.5, 0.6) is 0 Å². The fourth-order valence-electron chi connectivity index (χ4n) is 3.67. The van der Waals surface area contributed by atoms with E-state index >= 15 is 0 Å². The second kappa shape index (κ2) is 6.53. The molecule has 0 amide bonds. The van der Waals surface area contributed by atoms with Gasteiger partial charge in [-0.3, -0.25) is 14.2 Å². The molecule has 2 N–H and O–H groups in total. The molecule has 0 saturated carbocycles. The van der Waals surface area contributed by atoms with Crippen LogP contribution in [-0.2, 0) is 0 Å². The molecule has 0 atom stereocenters. The molecule has 142 valence electrons. The predicted molar refractivity (Wildman–Crippen MR) is 121 cm³/mol. The zero-order chi connectivity index (χ0) is 20.1. The Morgan fingerprint density at radius 1 is 1.10 bits per heavy atom. The van der Waals surface area contributed by atoms with Crippen molar-refractivity contribution >= 4 is 45.2 Å². The van der Waals surface area contributed by atoms with Gasteiger partial charge in [0.2, 0.25) is 0 Å². The lowest BCUT2D eigenvalue weighted by Crippen LogP contribution is -2.16. The van der Waals surface area contributed by atoms with E-state index in [0.29, 0.717) is 16.3 Å². The van der Waals surface area contributed by atoms with Crippen molar-refractivity contribution in [2.75, 3.05) is 5.73 Å². The third kappa shape index (κ3) is 2.80. The molecule has 1 aliphatic rings. The lowest BCUT2D eigenvalue weighted by Gasteiger charge is -2.09. The van der Waals surface area contributed by atoms with Crippen LogP contribution in [0, 0.1) is 6.92 Å². The number of anilines is 1. The zero-order valence-corrected chi connectivity index (χ0v) is 16.8. The Bertz CT molecular complexity index is 1390. The van der Waals surface area contributed by atoms with Crippen LogP contribution in [0.25, 0.3) is 27.9 Å². The van der Waals surface area contributed by atoms with E-state index in [0.717, 1.165) is 39.4 Å². The Morgan fingerprint density at radius 3 is 2.69 bits per heavy atom. The Labute approximate surface area is 171 Å². The zero-order valence-electron chi connectivity index (χ0n) is 16.0. The maximum atomic E-state index is 12.8. The summed E-state index contributed by atoms with van der Waals surface area (Å²) in [5, 5.41) is 1.98. The van der Waals surface area contributed by atoms with Gasteiger partial charge in [0.15, 0.2) is 4.96 Å². The maximum absolute atomic E-state index is 12.8. The molecule has 5 rings (SSSR count). The molecule has 0 bridgehead atoms. The quantitative estimate of drug-likeness (QED) is 0.519. The van der Waals surface area contributed by atoms with E-state index in [1.165, 1.54) is 11.3 Å². The van der Waals surface area contributed by atoms with Crippen LogP contribution in [0.4, 0.5) is 11.5 Å². The minimum atomic E-state index is -0.328. The Kier molecular flexibility index (Phi) is 3.96. The number of hydrogen-bond donors (Lipinski definition) is 1. The fourth-order valence-corrected chi connectivity index (χ4v) is 4.57. The second-order valence-corrected chi connectivity index (χ2v) is 7.93. The lowest BCUT2D eigenvalue weighted by molar-refractivity contribution is 1.12. The van der Waals surface area contributed by atoms with Crippen LogP contribution in [-0.4, -0.2) is 15.1 Å². The summed E-state index contributed by atoms with van der Waals surface area (Å²) < 4.78 is 1.85. The van der Waals surface area contributed by atoms with Gasteiger partial charge in [0.25, 0.3) is 5.56 Å². The van der Waals surface area contributed by atoms with E-state index in [1.54, 1.807) is 0 Å². The minimum absolute atomic E-state index is 0.328. The minimum Gasteiger partial charge on any atom is -0.384 e. The fraction of sp³-hybridized carbons (Fsp3) is 0.0870. The van der Waals surface area contributed by atoms with Crippen molar-refractivity contribution in [1.82, 2.24) is 9.38 Å². The summed E-state index contributed by atoms with van der Waals surface area (Å²) in [6.07, 6.45) is 1.83. The van der Waals surface area contributed by atoms with Gasteiger partial charge in [-0.2, -0.15) is 4.98 Å². The van der Waals surface area contributed by atoms with Crippen molar-refractivity contribution in [1.29, 1.82) is 0 Å². The number of allylic oxidation sites excluding steroid dienone is 1. The first-order valence-electron chi connectivity index (χ1n) is 9.26. The third-order valence-corrected chi connectivity index (χ3v) is 5.96. The normalized spacial score (nSPS) is 14.4. The molecule has 5 nitrogen and oxygen atoms in total. The number of nitrogen functional groups attached to an aromatic ring is 1. The highest BCUT2D eigenvalue weighted by molar-refractivity contribution is 7.15. The molecule has 1 aliphatic heterocycles. The van der Waals surface area contributed by atoms with Crippen molar-refractivity contribution < 1.29 is 0 Å². The number of fused-ring (bicyclic) bond motifs is 2. The first-order chi connectivity index (χ1) is 14.0. The van der Waals surface area contributed by atoms with Crippen LogP contribution in [0.2, 0.25) is 0 Å². The van der Waals surface area contributed by atoms with Crippen LogP contribution in [0.15, 0.2) is 63.7 Å². The average molecular weight is 398 g/mol. The third-order valence-electron chi connectivity index (χ3n) is 5.13. The number of thiazole rings is 1. The Balaban J connectivity index is 1.75. The van der Waals surface area contributed by atoms with E-state index in [2.05, 4.69) is 16.0 Å². The molecule has 3 heterocycles. The molecular formula is C23H18N4OS. The van der Waals surface area contributed by atoms with Crippen molar-refractivity contribution in [3.63, 3.8) is 0 Å². The smallest absolute Gasteiger partial charge is 0.283 e. The molecule has 4 aromatic rings. The first-order valence-corrected chi connectivity index (χ1v) is 10.1. The van der Waals surface area contributed by atoms with Crippen molar-refractivity contribution in [2.45, 2.75) is 13.8 Å². The molecule has 0 radical (unpaired) electrons. The van der Waals surface area contributed by atoms with Crippen molar-refractivity contribution in [3.05, 3.63) is 81.0 Å². The lowest BCUT2D eigenvalue weighted by atomic mass is 9.99. The van der Waals surface area contributed by atoms with Crippen LogP contribution in [0.1, 0.15) is 23.6 Å². The number of rotatable bonds is 2. The maximum Gasteiger partial charge on any atom is 0.283 e. The van der Waals surface area contributed by atoms with Gasteiger partial charge in [0, 0.05) is 22.2 Å². The average Bonchev–Trinajstić information content (AvgIpc) is 3.26. The summed E-state index contributed by atoms with van der Waals surface area (Å²) in [4.78, 5) is 22.3. The van der Waals surface area contributed by atoms with Gasteiger partial charge >= 0.3 is 0 Å². The number of benzene rings is 2. The van der Waals surface area contributed by atoms with Gasteiger partial charge in [0.1, 0.15) is 5.82 Å². The van der Waals surface area contributed by atoms with Crippen molar-refractivity contribution in [2.24, 2.45) is 4.99 Å². The molecule has 6 heteroatoms. The van der Waals surface area contributed by atoms with Crippen LogP contribution >= 0.6 is 11.3 Å². The molecule has 0 aliphatic carbocycles. The number of hydrogen-bond acceptors (Lipinski definition) is 5. The number of aliphatic imine (C=N–C) groups is 1. The Morgan fingerprint density at radius 2 is 1.90 bits per heavy atom. The summed E-state index contributed by atoms with van der Waals surface area (Å²) >= 11 is 1.41. The highest BCUT2D eigenvalue weighted by atomic mass is 32.1. The van der Waals surface area contributed by atoms with Gasteiger partial charge in [-0.05, 0) is 37.6 Å².